The van der Waals surface area contributed by atoms with Crippen molar-refractivity contribution in [3.63, 3.8) is 0 Å². The van der Waals surface area contributed by atoms with Gasteiger partial charge in [0, 0.05) is 24.4 Å². The monoisotopic (exact) mass is 391 g/mol. The Morgan fingerprint density at radius 2 is 2.08 bits per heavy atom. The first-order chi connectivity index (χ1) is 12.3. The van der Waals surface area contributed by atoms with Crippen molar-refractivity contribution in [2.24, 2.45) is 5.92 Å². The molecule has 6 nitrogen and oxygen atoms in total. The Bertz CT molecular complexity index is 917. The number of amides is 1. The molecule has 8 heteroatoms. The van der Waals surface area contributed by atoms with Gasteiger partial charge >= 0.3 is 0 Å². The van der Waals surface area contributed by atoms with Crippen LogP contribution in [0.25, 0.3) is 11.3 Å². The van der Waals surface area contributed by atoms with Crippen LogP contribution in [0.1, 0.15) is 19.3 Å². The van der Waals surface area contributed by atoms with Gasteiger partial charge in [0.2, 0.25) is 15.9 Å². The fraction of sp³-hybridized carbons (Fsp3) is 0.333. The summed E-state index contributed by atoms with van der Waals surface area (Å²) in [7, 11) is -1.77. The summed E-state index contributed by atoms with van der Waals surface area (Å²) in [6.07, 6.45) is 7.94. The average Bonchev–Trinajstić information content (AvgIpc) is 3.25. The third-order valence-electron chi connectivity index (χ3n) is 4.33. The van der Waals surface area contributed by atoms with Gasteiger partial charge in [-0.1, -0.05) is 24.3 Å². The number of nitrogens with zero attached hydrogens (tertiary/aromatic N) is 2. The molecule has 2 aromatic rings. The summed E-state index contributed by atoms with van der Waals surface area (Å²) in [5.41, 5.74) is 2.20. The lowest BCUT2D eigenvalue weighted by Gasteiger charge is -2.16. The fourth-order valence-corrected chi connectivity index (χ4v) is 4.01. The number of carbonyl (C=O) groups excluding carboxylic acids is 1. The molecule has 0 saturated carbocycles. The van der Waals surface area contributed by atoms with Crippen LogP contribution in [0.15, 0.2) is 41.8 Å². The maximum atomic E-state index is 12.1. The quantitative estimate of drug-likeness (QED) is 0.765. The molecule has 1 heterocycles. The molecule has 1 aliphatic rings. The maximum absolute atomic E-state index is 12.1. The van der Waals surface area contributed by atoms with E-state index in [1.165, 1.54) is 22.7 Å². The number of hydrogen-bond acceptors (Lipinski definition) is 5. The van der Waals surface area contributed by atoms with E-state index in [1.54, 1.807) is 12.1 Å². The van der Waals surface area contributed by atoms with Crippen LogP contribution < -0.4 is 9.62 Å². The Morgan fingerprint density at radius 1 is 1.35 bits per heavy atom. The normalized spacial score (nSPS) is 16.6. The summed E-state index contributed by atoms with van der Waals surface area (Å²) in [4.78, 5) is 16.5. The van der Waals surface area contributed by atoms with E-state index in [0.29, 0.717) is 23.2 Å². The van der Waals surface area contributed by atoms with E-state index in [2.05, 4.69) is 22.5 Å². The molecule has 26 heavy (non-hydrogen) atoms. The molecule has 138 valence electrons. The van der Waals surface area contributed by atoms with Gasteiger partial charge in [-0.25, -0.2) is 13.4 Å². The summed E-state index contributed by atoms with van der Waals surface area (Å²) in [5, 5.41) is 5.30. The minimum absolute atomic E-state index is 0.0208. The first-order valence-corrected chi connectivity index (χ1v) is 11.0. The lowest BCUT2D eigenvalue weighted by Crippen LogP contribution is -2.24. The first-order valence-electron chi connectivity index (χ1n) is 8.29. The molecule has 3 rings (SSSR count). The van der Waals surface area contributed by atoms with Crippen molar-refractivity contribution in [2.45, 2.75) is 19.3 Å². The topological polar surface area (TPSA) is 79.4 Å². The summed E-state index contributed by atoms with van der Waals surface area (Å²) in [6, 6.07) is 7.11. The van der Waals surface area contributed by atoms with Crippen molar-refractivity contribution in [2.75, 3.05) is 22.9 Å². The maximum Gasteiger partial charge on any atom is 0.231 e. The number of carbonyl (C=O) groups is 1. The smallest absolute Gasteiger partial charge is 0.231 e. The number of aromatic nitrogens is 1. The molecule has 1 aromatic carbocycles. The Balaban J connectivity index is 1.65. The van der Waals surface area contributed by atoms with Gasteiger partial charge < -0.3 is 5.32 Å². The summed E-state index contributed by atoms with van der Waals surface area (Å²) >= 11 is 1.38. The minimum Gasteiger partial charge on any atom is -0.302 e. The lowest BCUT2D eigenvalue weighted by molar-refractivity contribution is -0.116. The fourth-order valence-electron chi connectivity index (χ4n) is 2.77. The molecule has 0 fully saturated rings. The second kappa shape index (κ2) is 7.59. The molecule has 0 radical (unpaired) electrons. The molecule has 0 aliphatic heterocycles. The van der Waals surface area contributed by atoms with Gasteiger partial charge in [-0.2, -0.15) is 0 Å². The Kier molecular flexibility index (Phi) is 5.43. The van der Waals surface area contributed by atoms with E-state index in [4.69, 9.17) is 0 Å². The number of benzene rings is 1. The van der Waals surface area contributed by atoms with Gasteiger partial charge in [0.25, 0.3) is 0 Å². The third kappa shape index (κ3) is 4.50. The third-order valence-corrected chi connectivity index (χ3v) is 6.30. The molecule has 0 spiro atoms. The van der Waals surface area contributed by atoms with Crippen LogP contribution in [0.4, 0.5) is 10.8 Å². The van der Waals surface area contributed by atoms with Gasteiger partial charge in [-0.15, -0.1) is 11.3 Å². The largest absolute Gasteiger partial charge is 0.302 e. The Labute approximate surface area is 157 Å². The molecule has 1 amide bonds. The first kappa shape index (κ1) is 18.6. The van der Waals surface area contributed by atoms with Crippen molar-refractivity contribution < 1.29 is 13.2 Å². The standard InChI is InChI=1S/C18H21N3O3S2/c1-21(26(2,23)24)15-9-7-14(8-10-15)16-12-25-18(19-16)20-17(22)11-13-5-3-4-6-13/h3,5,7-10,12-13H,4,6,11H2,1-2H3,(H,19,20,22)/t13-/m0/s1. The summed E-state index contributed by atoms with van der Waals surface area (Å²) in [5.74, 6) is 0.307. The predicted molar refractivity (Wildman–Crippen MR) is 106 cm³/mol. The van der Waals surface area contributed by atoms with E-state index in [0.717, 1.165) is 30.4 Å². The summed E-state index contributed by atoms with van der Waals surface area (Å²) in [6.45, 7) is 0. The molecule has 1 aromatic heterocycles. The Morgan fingerprint density at radius 3 is 2.69 bits per heavy atom. The van der Waals surface area contributed by atoms with E-state index in [-0.39, 0.29) is 5.91 Å². The number of rotatable bonds is 6. The van der Waals surface area contributed by atoms with Crippen molar-refractivity contribution in [1.29, 1.82) is 0 Å². The molecule has 1 aliphatic carbocycles. The van der Waals surface area contributed by atoms with Gasteiger partial charge in [0.15, 0.2) is 5.13 Å². The van der Waals surface area contributed by atoms with Gasteiger partial charge in [-0.3, -0.25) is 9.10 Å². The summed E-state index contributed by atoms with van der Waals surface area (Å²) < 4.78 is 24.4. The zero-order chi connectivity index (χ0) is 18.7. The van der Waals surface area contributed by atoms with Crippen LogP contribution in [0.2, 0.25) is 0 Å². The van der Waals surface area contributed by atoms with Crippen LogP contribution >= 0.6 is 11.3 Å². The number of thiazole rings is 1. The molecule has 1 atom stereocenters. The lowest BCUT2D eigenvalue weighted by atomic mass is 10.1. The molecule has 1 N–H and O–H groups in total. The predicted octanol–water partition coefficient (Wildman–Crippen LogP) is 3.50. The van der Waals surface area contributed by atoms with Crippen molar-refractivity contribution in [1.82, 2.24) is 4.98 Å². The molecular weight excluding hydrogens is 370 g/mol. The van der Waals surface area contributed by atoms with Gasteiger partial charge in [0.05, 0.1) is 17.6 Å². The molecule has 0 bridgehead atoms. The number of nitrogens with one attached hydrogen (secondary N) is 1. The number of sulfonamides is 1. The number of anilines is 2. The highest BCUT2D eigenvalue weighted by Crippen LogP contribution is 2.28. The van der Waals surface area contributed by atoms with E-state index >= 15 is 0 Å². The highest BCUT2D eigenvalue weighted by Gasteiger charge is 2.16. The van der Waals surface area contributed by atoms with Crippen LogP contribution in [-0.4, -0.2) is 32.6 Å². The minimum atomic E-state index is -3.29. The van der Waals surface area contributed by atoms with E-state index in [1.807, 2.05) is 17.5 Å². The molecule has 0 unspecified atom stereocenters. The zero-order valence-electron chi connectivity index (χ0n) is 14.7. The van der Waals surface area contributed by atoms with Gasteiger partial charge in [0.1, 0.15) is 0 Å². The van der Waals surface area contributed by atoms with Crippen LogP contribution in [-0.2, 0) is 14.8 Å². The SMILES string of the molecule is CN(c1ccc(-c2csc(NC(=O)C[C@H]3C=CCC3)n2)cc1)S(C)(=O)=O. The van der Waals surface area contributed by atoms with Crippen molar-refractivity contribution >= 4 is 38.1 Å². The van der Waals surface area contributed by atoms with Crippen LogP contribution in [0, 0.1) is 5.92 Å². The highest BCUT2D eigenvalue weighted by atomic mass is 32.2. The molecular formula is C18H21N3O3S2. The second-order valence-corrected chi connectivity index (χ2v) is 9.21. The number of hydrogen-bond donors (Lipinski definition) is 1. The van der Waals surface area contributed by atoms with Crippen LogP contribution in [0.5, 0.6) is 0 Å². The molecule has 0 saturated heterocycles. The Hall–Kier alpha value is -2.19. The van der Waals surface area contributed by atoms with E-state index in [9.17, 15) is 13.2 Å². The highest BCUT2D eigenvalue weighted by molar-refractivity contribution is 7.92. The van der Waals surface area contributed by atoms with Crippen molar-refractivity contribution in [3.8, 4) is 11.3 Å². The zero-order valence-corrected chi connectivity index (χ0v) is 16.3. The second-order valence-electron chi connectivity index (χ2n) is 6.33. The average molecular weight is 392 g/mol. The van der Waals surface area contributed by atoms with E-state index < -0.39 is 10.0 Å². The number of allylic oxidation sites excluding steroid dienone is 2. The van der Waals surface area contributed by atoms with Crippen LogP contribution in [0.3, 0.4) is 0 Å². The van der Waals surface area contributed by atoms with Gasteiger partial charge in [-0.05, 0) is 30.9 Å². The van der Waals surface area contributed by atoms with Crippen molar-refractivity contribution in [3.05, 3.63) is 41.8 Å².